The van der Waals surface area contributed by atoms with Gasteiger partial charge in [0.05, 0.1) is 16.6 Å². The molecule has 0 aliphatic carbocycles. The number of para-hydroxylation sites is 1. The zero-order valence-electron chi connectivity index (χ0n) is 18.8. The van der Waals surface area contributed by atoms with Gasteiger partial charge in [0.1, 0.15) is 19.0 Å². The highest BCUT2D eigenvalue weighted by Crippen LogP contribution is 2.29. The largest absolute Gasteiger partial charge is 0.492 e. The fraction of sp³-hybridized carbons (Fsp3) is 0.308. The van der Waals surface area contributed by atoms with Crippen molar-refractivity contribution < 1.29 is 4.74 Å². The van der Waals surface area contributed by atoms with Crippen LogP contribution in [0.1, 0.15) is 5.56 Å². The smallest absolute Gasteiger partial charge is 0.129 e. The summed E-state index contributed by atoms with van der Waals surface area (Å²) in [5, 5.41) is 2.53. The molecule has 0 aromatic heterocycles. The van der Waals surface area contributed by atoms with Crippen molar-refractivity contribution in [2.75, 3.05) is 44.4 Å². The summed E-state index contributed by atoms with van der Waals surface area (Å²) in [5.41, 5.74) is 1.34. The first kappa shape index (κ1) is 23.5. The summed E-state index contributed by atoms with van der Waals surface area (Å²) in [6, 6.07) is 20.6. The average Bonchev–Trinajstić information content (AvgIpc) is 3.49. The Hall–Kier alpha value is -2.64. The quantitative estimate of drug-likeness (QED) is 0.442. The zero-order chi connectivity index (χ0) is 22.6. The lowest BCUT2D eigenvalue weighted by molar-refractivity contribution is 0.261. The SMILES string of the molecule is C(/C=C1\SCCN1CCOc1ccccc1)=NCN=C/C=C1\SCCN1Cc1ccccc1. The third kappa shape index (κ3) is 7.72. The average molecular weight is 479 g/mol. The van der Waals surface area contributed by atoms with Gasteiger partial charge in [-0.2, -0.15) is 0 Å². The molecule has 2 heterocycles. The van der Waals surface area contributed by atoms with Gasteiger partial charge in [0.25, 0.3) is 0 Å². The summed E-state index contributed by atoms with van der Waals surface area (Å²) in [6.07, 6.45) is 7.95. The fourth-order valence-corrected chi connectivity index (χ4v) is 5.64. The predicted octanol–water partition coefficient (Wildman–Crippen LogP) is 5.15. The Labute approximate surface area is 205 Å². The molecule has 0 spiro atoms. The van der Waals surface area contributed by atoms with Crippen molar-refractivity contribution in [1.29, 1.82) is 0 Å². The topological polar surface area (TPSA) is 40.4 Å². The van der Waals surface area contributed by atoms with Gasteiger partial charge in [0, 0.05) is 43.6 Å². The van der Waals surface area contributed by atoms with Crippen molar-refractivity contribution in [2.24, 2.45) is 9.98 Å². The molecule has 0 N–H and O–H groups in total. The lowest BCUT2D eigenvalue weighted by Crippen LogP contribution is -2.24. The molecule has 0 unspecified atom stereocenters. The summed E-state index contributed by atoms with van der Waals surface area (Å²) < 4.78 is 5.83. The van der Waals surface area contributed by atoms with Crippen LogP contribution in [0.15, 0.2) is 92.9 Å². The molecule has 0 bridgehead atoms. The Morgan fingerprint density at radius 2 is 1.39 bits per heavy atom. The van der Waals surface area contributed by atoms with E-state index in [0.717, 1.165) is 43.4 Å². The summed E-state index contributed by atoms with van der Waals surface area (Å²) in [6.45, 7) is 5.07. The number of ether oxygens (including phenoxy) is 1. The summed E-state index contributed by atoms with van der Waals surface area (Å²) in [7, 11) is 0. The van der Waals surface area contributed by atoms with Gasteiger partial charge < -0.3 is 14.5 Å². The van der Waals surface area contributed by atoms with Gasteiger partial charge in [0.15, 0.2) is 0 Å². The maximum absolute atomic E-state index is 5.83. The number of allylic oxidation sites excluding steroid dienone is 2. The molecule has 0 radical (unpaired) electrons. The summed E-state index contributed by atoms with van der Waals surface area (Å²) in [4.78, 5) is 13.6. The normalized spacial score (nSPS) is 19.0. The first-order chi connectivity index (χ1) is 16.4. The van der Waals surface area contributed by atoms with Crippen molar-refractivity contribution in [3.05, 3.63) is 88.4 Å². The predicted molar refractivity (Wildman–Crippen MR) is 143 cm³/mol. The molecule has 0 atom stereocenters. The molecule has 4 rings (SSSR count). The Bertz CT molecular complexity index is 976. The van der Waals surface area contributed by atoms with Crippen molar-refractivity contribution in [1.82, 2.24) is 9.80 Å². The molecule has 2 fully saturated rings. The maximum Gasteiger partial charge on any atom is 0.129 e. The van der Waals surface area contributed by atoms with Gasteiger partial charge in [-0.1, -0.05) is 48.5 Å². The first-order valence-corrected chi connectivity index (χ1v) is 13.2. The highest BCUT2D eigenvalue weighted by atomic mass is 32.2. The van der Waals surface area contributed by atoms with Crippen molar-refractivity contribution in [2.45, 2.75) is 6.54 Å². The van der Waals surface area contributed by atoms with Crippen LogP contribution in [0.4, 0.5) is 0 Å². The van der Waals surface area contributed by atoms with Crippen LogP contribution in [-0.2, 0) is 6.54 Å². The molecule has 2 aromatic rings. The molecule has 2 aliphatic rings. The third-order valence-corrected chi connectivity index (χ3v) is 7.40. The van der Waals surface area contributed by atoms with Crippen LogP contribution in [-0.4, -0.2) is 66.6 Å². The van der Waals surface area contributed by atoms with E-state index in [1.165, 1.54) is 15.6 Å². The van der Waals surface area contributed by atoms with Crippen LogP contribution in [0.2, 0.25) is 0 Å². The molecular weight excluding hydrogens is 448 g/mol. The number of aliphatic imine (C=N–C) groups is 2. The van der Waals surface area contributed by atoms with Crippen LogP contribution in [0.3, 0.4) is 0 Å². The second-order valence-electron chi connectivity index (χ2n) is 7.57. The number of hydrogen-bond acceptors (Lipinski definition) is 7. The Balaban J connectivity index is 1.19. The molecule has 2 saturated heterocycles. The van der Waals surface area contributed by atoms with Crippen molar-refractivity contribution >= 4 is 36.0 Å². The lowest BCUT2D eigenvalue weighted by Gasteiger charge is -2.18. The molecule has 33 heavy (non-hydrogen) atoms. The molecule has 5 nitrogen and oxygen atoms in total. The molecule has 0 amide bonds. The highest BCUT2D eigenvalue weighted by molar-refractivity contribution is 8.03. The second-order valence-corrected chi connectivity index (χ2v) is 9.80. The third-order valence-electron chi connectivity index (χ3n) is 5.24. The highest BCUT2D eigenvalue weighted by Gasteiger charge is 2.17. The Kier molecular flexibility index (Phi) is 9.38. The number of thioether (sulfide) groups is 2. The summed E-state index contributed by atoms with van der Waals surface area (Å²) in [5.74, 6) is 3.15. The van der Waals surface area contributed by atoms with Gasteiger partial charge in [-0.3, -0.25) is 9.98 Å². The number of nitrogens with zero attached hydrogens (tertiary/aromatic N) is 4. The van der Waals surface area contributed by atoms with Gasteiger partial charge in [-0.25, -0.2) is 0 Å². The minimum Gasteiger partial charge on any atom is -0.492 e. The van der Waals surface area contributed by atoms with Crippen LogP contribution >= 0.6 is 23.5 Å². The first-order valence-electron chi connectivity index (χ1n) is 11.3. The van der Waals surface area contributed by atoms with E-state index in [9.17, 15) is 0 Å². The molecule has 7 heteroatoms. The zero-order valence-corrected chi connectivity index (χ0v) is 20.4. The van der Waals surface area contributed by atoms with Crippen LogP contribution in [0, 0.1) is 0 Å². The van der Waals surface area contributed by atoms with Crippen LogP contribution < -0.4 is 4.74 Å². The number of hydrogen-bond donors (Lipinski definition) is 0. The van der Waals surface area contributed by atoms with E-state index in [4.69, 9.17) is 4.74 Å². The lowest BCUT2D eigenvalue weighted by atomic mass is 10.2. The van der Waals surface area contributed by atoms with E-state index in [-0.39, 0.29) is 0 Å². The van der Waals surface area contributed by atoms with Gasteiger partial charge in [-0.15, -0.1) is 23.5 Å². The van der Waals surface area contributed by atoms with E-state index in [0.29, 0.717) is 13.3 Å². The fourth-order valence-electron chi connectivity index (χ4n) is 3.58. The summed E-state index contributed by atoms with van der Waals surface area (Å²) >= 11 is 3.76. The molecule has 172 valence electrons. The monoisotopic (exact) mass is 478 g/mol. The van der Waals surface area contributed by atoms with Gasteiger partial charge in [0.2, 0.25) is 0 Å². The number of rotatable bonds is 10. The maximum atomic E-state index is 5.83. The van der Waals surface area contributed by atoms with E-state index in [2.05, 4.69) is 62.3 Å². The van der Waals surface area contributed by atoms with E-state index in [1.807, 2.05) is 66.3 Å². The molecule has 2 aromatic carbocycles. The van der Waals surface area contributed by atoms with Crippen molar-refractivity contribution in [3.63, 3.8) is 0 Å². The number of benzene rings is 2. The molecule has 2 aliphatic heterocycles. The second kappa shape index (κ2) is 13.2. The molecular formula is C26H30N4OS2. The Morgan fingerprint density at radius 3 is 2.09 bits per heavy atom. The van der Waals surface area contributed by atoms with Gasteiger partial charge >= 0.3 is 0 Å². The van der Waals surface area contributed by atoms with E-state index >= 15 is 0 Å². The van der Waals surface area contributed by atoms with Gasteiger partial charge in [-0.05, 0) is 29.8 Å². The van der Waals surface area contributed by atoms with Crippen LogP contribution in [0.5, 0.6) is 5.75 Å². The standard InChI is InChI=1S/C26H30N4OS2/c1-3-7-23(8-4-1)21-30-17-20-33-26(30)12-14-28-22-27-13-11-25-29(16-19-32-25)15-18-31-24-9-5-2-6-10-24/h1-14H,15-22H2/b25-11-,26-12-,27-13?,28-14?. The van der Waals surface area contributed by atoms with E-state index < -0.39 is 0 Å². The van der Waals surface area contributed by atoms with Crippen molar-refractivity contribution in [3.8, 4) is 5.75 Å². The molecule has 0 saturated carbocycles. The van der Waals surface area contributed by atoms with Crippen LogP contribution in [0.25, 0.3) is 0 Å². The van der Waals surface area contributed by atoms with E-state index in [1.54, 1.807) is 0 Å². The Morgan fingerprint density at radius 1 is 0.788 bits per heavy atom. The minimum atomic E-state index is 0.443. The minimum absolute atomic E-state index is 0.443.